The largest absolute Gasteiger partial charge is 0.465 e. The number of carbonyl (C=O) groups is 2. The van der Waals surface area contributed by atoms with Crippen LogP contribution >= 0.6 is 0 Å². The first kappa shape index (κ1) is 19.2. The molecule has 128 valence electrons. The number of nitrogens with one attached hydrogen (secondary N) is 1. The molecule has 4 nitrogen and oxygen atoms in total. The van der Waals surface area contributed by atoms with Gasteiger partial charge in [0.25, 0.3) is 0 Å². The number of para-hydroxylation sites is 1. The minimum atomic E-state index is -0.457. The van der Waals surface area contributed by atoms with E-state index in [1.54, 1.807) is 12.1 Å². The molecule has 0 bridgehead atoms. The Labute approximate surface area is 139 Å². The summed E-state index contributed by atoms with van der Waals surface area (Å²) in [7, 11) is 0. The van der Waals surface area contributed by atoms with Gasteiger partial charge < -0.3 is 10.1 Å². The molecule has 1 amide bonds. The highest BCUT2D eigenvalue weighted by molar-refractivity contribution is 6.01. The molecule has 0 aliphatic rings. The molecule has 0 saturated heterocycles. The van der Waals surface area contributed by atoms with Gasteiger partial charge in [-0.3, -0.25) is 9.59 Å². The normalized spacial score (nSPS) is 10.3. The van der Waals surface area contributed by atoms with E-state index in [2.05, 4.69) is 12.2 Å². The molecule has 0 atom stereocenters. The van der Waals surface area contributed by atoms with E-state index in [9.17, 15) is 9.59 Å². The minimum absolute atomic E-state index is 0.230. The van der Waals surface area contributed by atoms with E-state index in [0.717, 1.165) is 12.8 Å². The summed E-state index contributed by atoms with van der Waals surface area (Å²) >= 11 is 0. The van der Waals surface area contributed by atoms with Crippen LogP contribution in [0.3, 0.4) is 0 Å². The molecule has 0 aliphatic carbocycles. The van der Waals surface area contributed by atoms with Crippen molar-refractivity contribution >= 4 is 17.6 Å². The molecule has 0 unspecified atom stereocenters. The van der Waals surface area contributed by atoms with E-state index >= 15 is 0 Å². The van der Waals surface area contributed by atoms with E-state index in [4.69, 9.17) is 4.74 Å². The Bertz CT molecular complexity index is 445. The van der Waals surface area contributed by atoms with E-state index in [1.807, 2.05) is 18.2 Å². The van der Waals surface area contributed by atoms with Gasteiger partial charge in [-0.05, 0) is 18.6 Å². The molecular formula is C19H29NO3. The molecule has 1 aromatic carbocycles. The Morgan fingerprint density at radius 2 is 1.52 bits per heavy atom. The molecule has 1 aromatic rings. The van der Waals surface area contributed by atoms with Gasteiger partial charge in [-0.1, -0.05) is 70.1 Å². The Morgan fingerprint density at radius 1 is 0.913 bits per heavy atom. The zero-order valence-corrected chi connectivity index (χ0v) is 14.2. The van der Waals surface area contributed by atoms with Crippen LogP contribution in [-0.4, -0.2) is 18.5 Å². The molecule has 0 saturated carbocycles. The van der Waals surface area contributed by atoms with Crippen LogP contribution in [0, 0.1) is 0 Å². The molecule has 4 heteroatoms. The van der Waals surface area contributed by atoms with Gasteiger partial charge in [0.1, 0.15) is 6.42 Å². The maximum Gasteiger partial charge on any atom is 0.315 e. The number of hydrogen-bond acceptors (Lipinski definition) is 3. The second-order valence-corrected chi connectivity index (χ2v) is 5.79. The Balaban J connectivity index is 1.98. The first-order valence-electron chi connectivity index (χ1n) is 8.73. The van der Waals surface area contributed by atoms with Crippen LogP contribution in [0.5, 0.6) is 0 Å². The predicted molar refractivity (Wildman–Crippen MR) is 93.3 cm³/mol. The summed E-state index contributed by atoms with van der Waals surface area (Å²) in [5, 5.41) is 2.67. The fourth-order valence-electron chi connectivity index (χ4n) is 2.33. The fourth-order valence-corrected chi connectivity index (χ4v) is 2.33. The first-order valence-corrected chi connectivity index (χ1v) is 8.73. The summed E-state index contributed by atoms with van der Waals surface area (Å²) in [6.45, 7) is 2.63. The lowest BCUT2D eigenvalue weighted by atomic mass is 10.1. The van der Waals surface area contributed by atoms with E-state index in [-0.39, 0.29) is 12.3 Å². The first-order chi connectivity index (χ1) is 11.2. The van der Waals surface area contributed by atoms with Crippen molar-refractivity contribution in [1.29, 1.82) is 0 Å². The van der Waals surface area contributed by atoms with Crippen molar-refractivity contribution in [2.24, 2.45) is 0 Å². The van der Waals surface area contributed by atoms with Gasteiger partial charge in [0.15, 0.2) is 0 Å². The summed E-state index contributed by atoms with van der Waals surface area (Å²) in [6.07, 6.45) is 9.39. The van der Waals surface area contributed by atoms with Crippen LogP contribution in [0.25, 0.3) is 0 Å². The van der Waals surface area contributed by atoms with Gasteiger partial charge in [0.05, 0.1) is 6.61 Å². The monoisotopic (exact) mass is 319 g/mol. The molecule has 0 radical (unpaired) electrons. The second-order valence-electron chi connectivity index (χ2n) is 5.79. The van der Waals surface area contributed by atoms with Crippen molar-refractivity contribution in [3.8, 4) is 0 Å². The van der Waals surface area contributed by atoms with Crippen molar-refractivity contribution in [2.45, 2.75) is 64.7 Å². The van der Waals surface area contributed by atoms with Crippen LogP contribution < -0.4 is 5.32 Å². The molecule has 0 heterocycles. The Hall–Kier alpha value is -1.84. The van der Waals surface area contributed by atoms with Crippen LogP contribution in [-0.2, 0) is 14.3 Å². The van der Waals surface area contributed by atoms with Crippen molar-refractivity contribution in [2.75, 3.05) is 11.9 Å². The third kappa shape index (κ3) is 10.5. The SMILES string of the molecule is CCCCCCCCCCOC(=O)CC(=O)Nc1ccccc1. The van der Waals surface area contributed by atoms with Crippen molar-refractivity contribution in [3.63, 3.8) is 0 Å². The maximum absolute atomic E-state index is 11.7. The summed E-state index contributed by atoms with van der Waals surface area (Å²) < 4.78 is 5.10. The zero-order valence-electron chi connectivity index (χ0n) is 14.2. The van der Waals surface area contributed by atoms with E-state index < -0.39 is 5.97 Å². The molecule has 1 rings (SSSR count). The number of carbonyl (C=O) groups excluding carboxylic acids is 2. The summed E-state index contributed by atoms with van der Waals surface area (Å²) in [5.74, 6) is -0.793. The second kappa shape index (κ2) is 12.7. The smallest absolute Gasteiger partial charge is 0.315 e. The highest BCUT2D eigenvalue weighted by atomic mass is 16.5. The number of esters is 1. The van der Waals surface area contributed by atoms with Crippen molar-refractivity contribution in [3.05, 3.63) is 30.3 Å². The highest BCUT2D eigenvalue weighted by Crippen LogP contribution is 2.09. The quantitative estimate of drug-likeness (QED) is 0.345. The van der Waals surface area contributed by atoms with Gasteiger partial charge in [0.2, 0.25) is 5.91 Å². The van der Waals surface area contributed by atoms with Gasteiger partial charge in [-0.25, -0.2) is 0 Å². The minimum Gasteiger partial charge on any atom is -0.465 e. The summed E-state index contributed by atoms with van der Waals surface area (Å²) in [4.78, 5) is 23.2. The average molecular weight is 319 g/mol. The highest BCUT2D eigenvalue weighted by Gasteiger charge is 2.10. The topological polar surface area (TPSA) is 55.4 Å². The zero-order chi connectivity index (χ0) is 16.8. The number of hydrogen-bond donors (Lipinski definition) is 1. The van der Waals surface area contributed by atoms with E-state index in [1.165, 1.54) is 38.5 Å². The third-order valence-electron chi connectivity index (χ3n) is 3.62. The Kier molecular flexibility index (Phi) is 10.6. The van der Waals surface area contributed by atoms with Crippen LogP contribution in [0.15, 0.2) is 30.3 Å². The van der Waals surface area contributed by atoms with Crippen LogP contribution in [0.2, 0.25) is 0 Å². The summed E-state index contributed by atoms with van der Waals surface area (Å²) in [5.41, 5.74) is 0.688. The van der Waals surface area contributed by atoms with Crippen molar-refractivity contribution < 1.29 is 14.3 Å². The van der Waals surface area contributed by atoms with Gasteiger partial charge >= 0.3 is 5.97 Å². The Morgan fingerprint density at radius 3 is 2.17 bits per heavy atom. The average Bonchev–Trinajstić information content (AvgIpc) is 2.54. The van der Waals surface area contributed by atoms with Crippen LogP contribution in [0.1, 0.15) is 64.7 Å². The number of unbranched alkanes of at least 4 members (excludes halogenated alkanes) is 7. The number of anilines is 1. The number of ether oxygens (including phenoxy) is 1. The predicted octanol–water partition coefficient (Wildman–Crippen LogP) is 4.70. The number of amides is 1. The lowest BCUT2D eigenvalue weighted by molar-refractivity contribution is -0.145. The lowest BCUT2D eigenvalue weighted by Gasteiger charge is -2.06. The van der Waals surface area contributed by atoms with Crippen LogP contribution in [0.4, 0.5) is 5.69 Å². The standard InChI is InChI=1S/C19H29NO3/c1-2-3-4-5-6-7-8-12-15-23-19(22)16-18(21)20-17-13-10-9-11-14-17/h9-11,13-14H,2-8,12,15-16H2,1H3,(H,20,21). The lowest BCUT2D eigenvalue weighted by Crippen LogP contribution is -2.18. The van der Waals surface area contributed by atoms with Gasteiger partial charge in [0, 0.05) is 5.69 Å². The molecular weight excluding hydrogens is 290 g/mol. The molecule has 1 N–H and O–H groups in total. The van der Waals surface area contributed by atoms with Gasteiger partial charge in [-0.2, -0.15) is 0 Å². The number of rotatable bonds is 12. The molecule has 0 aromatic heterocycles. The molecule has 23 heavy (non-hydrogen) atoms. The molecule has 0 spiro atoms. The van der Waals surface area contributed by atoms with Crippen molar-refractivity contribution in [1.82, 2.24) is 0 Å². The maximum atomic E-state index is 11.7. The molecule has 0 fully saturated rings. The number of benzene rings is 1. The summed E-state index contributed by atoms with van der Waals surface area (Å²) in [6, 6.07) is 9.09. The van der Waals surface area contributed by atoms with Gasteiger partial charge in [-0.15, -0.1) is 0 Å². The fraction of sp³-hybridized carbons (Fsp3) is 0.579. The molecule has 0 aliphatic heterocycles. The van der Waals surface area contributed by atoms with E-state index in [0.29, 0.717) is 12.3 Å². The third-order valence-corrected chi connectivity index (χ3v) is 3.62.